The molecule has 0 spiro atoms. The third-order valence-corrected chi connectivity index (χ3v) is 6.15. The molecule has 0 unspecified atom stereocenters. The molecule has 4 aliphatic carbocycles. The van der Waals surface area contributed by atoms with Crippen LogP contribution < -0.4 is 0 Å². The molecule has 4 aliphatic rings. The highest BCUT2D eigenvalue weighted by atomic mass is 16.3. The molecule has 15 heavy (non-hydrogen) atoms. The minimum absolute atomic E-state index is 0.179. The van der Waals surface area contributed by atoms with E-state index in [-0.39, 0.29) is 12.0 Å². The maximum absolute atomic E-state index is 12.0. The first-order valence-corrected chi connectivity index (χ1v) is 6.32. The van der Waals surface area contributed by atoms with E-state index < -0.39 is 0 Å². The Labute approximate surface area is 90.1 Å². The SMILES string of the molecule is C[C@@]12C[C@H]3C[C@@H](O)[C@@H]1[C@@H]1C(=O)C[C@H]3C[C@@H]12. The van der Waals surface area contributed by atoms with Crippen LogP contribution in [0, 0.1) is 35.0 Å². The van der Waals surface area contributed by atoms with Gasteiger partial charge in [0.15, 0.2) is 0 Å². The standard InChI is InChI=1S/C13H18O2/c1-13-5-7-4-10(15)12(13)11-8(13)2-6(7)3-9(11)14/h6-8,10-12,15H,2-5H2,1H3/t6-,7-,8+,10-,11+,12-,13+/m1/s1. The molecule has 0 aromatic carbocycles. The lowest BCUT2D eigenvalue weighted by atomic mass is 9.33. The van der Waals surface area contributed by atoms with Crippen LogP contribution in [0.1, 0.15) is 32.6 Å². The van der Waals surface area contributed by atoms with E-state index in [2.05, 4.69) is 6.92 Å². The summed E-state index contributed by atoms with van der Waals surface area (Å²) in [5, 5.41) is 10.2. The molecule has 4 rings (SSSR count). The van der Waals surface area contributed by atoms with Crippen molar-refractivity contribution in [3.63, 3.8) is 0 Å². The van der Waals surface area contributed by atoms with Crippen LogP contribution in [-0.2, 0) is 4.79 Å². The number of carbonyl (C=O) groups excluding carboxylic acids is 1. The first kappa shape index (κ1) is 8.74. The number of rotatable bonds is 0. The second-order valence-electron chi connectivity index (χ2n) is 6.60. The van der Waals surface area contributed by atoms with Gasteiger partial charge in [0.2, 0.25) is 0 Å². The number of hydrogen-bond acceptors (Lipinski definition) is 2. The average molecular weight is 206 g/mol. The fourth-order valence-corrected chi connectivity index (χ4v) is 5.63. The molecule has 0 aromatic heterocycles. The first-order chi connectivity index (χ1) is 7.11. The highest BCUT2D eigenvalue weighted by Crippen LogP contribution is 2.72. The fraction of sp³-hybridized carbons (Fsp3) is 0.923. The van der Waals surface area contributed by atoms with E-state index >= 15 is 0 Å². The normalized spacial score (nSPS) is 65.3. The Kier molecular flexibility index (Phi) is 1.35. The quantitative estimate of drug-likeness (QED) is 0.654. The van der Waals surface area contributed by atoms with Crippen LogP contribution in [0.4, 0.5) is 0 Å². The summed E-state index contributed by atoms with van der Waals surface area (Å²) in [6, 6.07) is 0. The largest absolute Gasteiger partial charge is 0.393 e. The number of aliphatic hydroxyl groups is 1. The third kappa shape index (κ3) is 0.780. The summed E-state index contributed by atoms with van der Waals surface area (Å²) >= 11 is 0. The maximum Gasteiger partial charge on any atom is 0.136 e. The molecule has 0 heterocycles. The molecule has 0 amide bonds. The highest BCUT2D eigenvalue weighted by molar-refractivity contribution is 5.84. The first-order valence-electron chi connectivity index (χ1n) is 6.32. The Morgan fingerprint density at radius 3 is 2.93 bits per heavy atom. The highest BCUT2D eigenvalue weighted by Gasteiger charge is 2.70. The number of ketones is 1. The molecule has 82 valence electrons. The predicted octanol–water partition coefficient (Wildman–Crippen LogP) is 1.62. The Hall–Kier alpha value is -0.370. The lowest BCUT2D eigenvalue weighted by Crippen LogP contribution is -2.70. The number of fused-ring (bicyclic) bond motifs is 4. The summed E-state index contributed by atoms with van der Waals surface area (Å²) in [5.41, 5.74) is 0.319. The number of Topliss-reactive ketones (excluding diaryl/α,β-unsaturated/α-hetero) is 1. The van der Waals surface area contributed by atoms with Crippen LogP contribution in [0.25, 0.3) is 0 Å². The molecule has 7 atom stereocenters. The maximum atomic E-state index is 12.0. The third-order valence-electron chi connectivity index (χ3n) is 6.15. The zero-order chi connectivity index (χ0) is 10.4. The minimum atomic E-state index is -0.179. The van der Waals surface area contributed by atoms with E-state index in [1.54, 1.807) is 0 Å². The zero-order valence-electron chi connectivity index (χ0n) is 9.15. The lowest BCUT2D eigenvalue weighted by molar-refractivity contribution is -0.250. The number of carbonyl (C=O) groups is 1. The van der Waals surface area contributed by atoms with E-state index in [4.69, 9.17) is 0 Å². The monoisotopic (exact) mass is 206 g/mol. The molecular formula is C13H18O2. The summed E-state index contributed by atoms with van der Waals surface area (Å²) in [7, 11) is 0. The van der Waals surface area contributed by atoms with Gasteiger partial charge in [-0.25, -0.2) is 0 Å². The molecule has 0 aliphatic heterocycles. The van der Waals surface area contributed by atoms with Gasteiger partial charge in [0.05, 0.1) is 6.10 Å². The summed E-state index contributed by atoms with van der Waals surface area (Å²) in [4.78, 5) is 12.0. The van der Waals surface area contributed by atoms with Gasteiger partial charge in [-0.1, -0.05) is 6.92 Å². The summed E-state index contributed by atoms with van der Waals surface area (Å²) in [6.45, 7) is 2.32. The van der Waals surface area contributed by atoms with Gasteiger partial charge < -0.3 is 5.11 Å². The predicted molar refractivity (Wildman–Crippen MR) is 55.0 cm³/mol. The minimum Gasteiger partial charge on any atom is -0.393 e. The van der Waals surface area contributed by atoms with Crippen molar-refractivity contribution in [3.8, 4) is 0 Å². The van der Waals surface area contributed by atoms with Crippen molar-refractivity contribution in [1.82, 2.24) is 0 Å². The van der Waals surface area contributed by atoms with Gasteiger partial charge in [-0.05, 0) is 42.4 Å². The van der Waals surface area contributed by atoms with Gasteiger partial charge in [-0.3, -0.25) is 4.79 Å². The van der Waals surface area contributed by atoms with Crippen molar-refractivity contribution in [2.24, 2.45) is 35.0 Å². The molecule has 2 nitrogen and oxygen atoms in total. The van der Waals surface area contributed by atoms with Gasteiger partial charge in [-0.2, -0.15) is 0 Å². The summed E-state index contributed by atoms with van der Waals surface area (Å²) in [6.07, 6.45) is 4.18. The average Bonchev–Trinajstić information content (AvgIpc) is 2.14. The number of aliphatic hydroxyl groups excluding tert-OH is 1. The topological polar surface area (TPSA) is 37.3 Å². The molecule has 2 heteroatoms. The van der Waals surface area contributed by atoms with Crippen LogP contribution >= 0.6 is 0 Å². The van der Waals surface area contributed by atoms with Gasteiger partial charge >= 0.3 is 0 Å². The van der Waals surface area contributed by atoms with E-state index in [0.717, 1.165) is 12.8 Å². The van der Waals surface area contributed by atoms with Crippen LogP contribution in [-0.4, -0.2) is 17.0 Å². The van der Waals surface area contributed by atoms with Crippen molar-refractivity contribution >= 4 is 5.78 Å². The van der Waals surface area contributed by atoms with Crippen LogP contribution in [0.3, 0.4) is 0 Å². The Morgan fingerprint density at radius 2 is 2.13 bits per heavy atom. The van der Waals surface area contributed by atoms with Gasteiger partial charge in [-0.15, -0.1) is 0 Å². The molecule has 4 bridgehead atoms. The second-order valence-corrected chi connectivity index (χ2v) is 6.60. The smallest absolute Gasteiger partial charge is 0.136 e. The van der Waals surface area contributed by atoms with Crippen molar-refractivity contribution < 1.29 is 9.90 Å². The van der Waals surface area contributed by atoms with Crippen LogP contribution in [0.5, 0.6) is 0 Å². The Balaban J connectivity index is 1.85. The zero-order valence-corrected chi connectivity index (χ0v) is 9.15. The molecule has 4 fully saturated rings. The molecule has 1 N–H and O–H groups in total. The Bertz CT molecular complexity index is 350. The van der Waals surface area contributed by atoms with E-state index in [1.807, 2.05) is 0 Å². The molecule has 0 radical (unpaired) electrons. The van der Waals surface area contributed by atoms with Gasteiger partial charge in [0.25, 0.3) is 0 Å². The van der Waals surface area contributed by atoms with Crippen molar-refractivity contribution in [2.75, 3.05) is 0 Å². The molecule has 0 saturated heterocycles. The second kappa shape index (κ2) is 2.32. The number of hydrogen-bond donors (Lipinski definition) is 1. The van der Waals surface area contributed by atoms with Crippen molar-refractivity contribution in [3.05, 3.63) is 0 Å². The van der Waals surface area contributed by atoms with Crippen molar-refractivity contribution in [2.45, 2.75) is 38.7 Å². The van der Waals surface area contributed by atoms with E-state index in [9.17, 15) is 9.90 Å². The molecular weight excluding hydrogens is 188 g/mol. The lowest BCUT2D eigenvalue weighted by Gasteiger charge is -2.71. The van der Waals surface area contributed by atoms with E-state index in [0.29, 0.717) is 34.9 Å². The van der Waals surface area contributed by atoms with Crippen LogP contribution in [0.15, 0.2) is 0 Å². The fourth-order valence-electron chi connectivity index (χ4n) is 5.63. The van der Waals surface area contributed by atoms with E-state index in [1.165, 1.54) is 12.8 Å². The molecule has 0 aromatic rings. The van der Waals surface area contributed by atoms with Crippen molar-refractivity contribution in [1.29, 1.82) is 0 Å². The molecule has 4 saturated carbocycles. The summed E-state index contributed by atoms with van der Waals surface area (Å²) < 4.78 is 0. The van der Waals surface area contributed by atoms with Gasteiger partial charge in [0.1, 0.15) is 5.78 Å². The Morgan fingerprint density at radius 1 is 1.33 bits per heavy atom. The van der Waals surface area contributed by atoms with Crippen LogP contribution in [0.2, 0.25) is 0 Å². The summed E-state index contributed by atoms with van der Waals surface area (Å²) in [5.74, 6) is 2.91. The van der Waals surface area contributed by atoms with Gasteiger partial charge in [0, 0.05) is 18.3 Å².